The first-order valence-corrected chi connectivity index (χ1v) is 8.48. The number of aryl methyl sites for hydroxylation is 1. The van der Waals surface area contributed by atoms with Gasteiger partial charge in [-0.15, -0.1) is 10.2 Å². The van der Waals surface area contributed by atoms with Gasteiger partial charge in [-0.05, 0) is 30.2 Å². The zero-order valence-electron chi connectivity index (χ0n) is 14.2. The van der Waals surface area contributed by atoms with Gasteiger partial charge >= 0.3 is 0 Å². The van der Waals surface area contributed by atoms with Crippen LogP contribution in [0.1, 0.15) is 12.5 Å². The zero-order chi connectivity index (χ0) is 17.1. The summed E-state index contributed by atoms with van der Waals surface area (Å²) >= 11 is 0. The summed E-state index contributed by atoms with van der Waals surface area (Å²) in [4.78, 5) is 13.4. The summed E-state index contributed by atoms with van der Waals surface area (Å²) in [5.74, 6) is 2.41. The van der Waals surface area contributed by atoms with Gasteiger partial charge < -0.3 is 9.80 Å². The zero-order valence-corrected chi connectivity index (χ0v) is 14.2. The van der Waals surface area contributed by atoms with Gasteiger partial charge in [-0.25, -0.2) is 14.6 Å². The molecule has 0 unspecified atom stereocenters. The van der Waals surface area contributed by atoms with Gasteiger partial charge in [0.25, 0.3) is 0 Å². The minimum absolute atomic E-state index is 0.719. The summed E-state index contributed by atoms with van der Waals surface area (Å²) in [5, 5.41) is 12.8. The van der Waals surface area contributed by atoms with E-state index in [1.807, 2.05) is 36.8 Å². The third-order valence-corrected chi connectivity index (χ3v) is 4.36. The fraction of sp³-hybridized carbons (Fsp3) is 0.353. The van der Waals surface area contributed by atoms with E-state index in [1.165, 1.54) is 0 Å². The van der Waals surface area contributed by atoms with Crippen LogP contribution in [-0.4, -0.2) is 56.1 Å². The monoisotopic (exact) mass is 336 g/mol. The maximum Gasteiger partial charge on any atom is 0.225 e. The van der Waals surface area contributed by atoms with Crippen molar-refractivity contribution in [2.45, 2.75) is 13.3 Å². The molecule has 8 heteroatoms. The van der Waals surface area contributed by atoms with E-state index >= 15 is 0 Å². The lowest BCUT2D eigenvalue weighted by Crippen LogP contribution is -2.47. The Bertz CT molecular complexity index is 790. The SMILES string of the molecule is CCc1cnc(N2CCN(c3ccc(-n4cccn4)nn3)CC2)nc1. The molecule has 128 valence electrons. The van der Waals surface area contributed by atoms with Crippen LogP contribution in [0.2, 0.25) is 0 Å². The van der Waals surface area contributed by atoms with Gasteiger partial charge in [0.2, 0.25) is 5.95 Å². The van der Waals surface area contributed by atoms with Crippen LogP contribution in [0.4, 0.5) is 11.8 Å². The van der Waals surface area contributed by atoms with Crippen molar-refractivity contribution in [1.29, 1.82) is 0 Å². The molecule has 1 fully saturated rings. The van der Waals surface area contributed by atoms with Crippen LogP contribution < -0.4 is 9.80 Å². The van der Waals surface area contributed by atoms with Crippen LogP contribution in [0.25, 0.3) is 5.82 Å². The quantitative estimate of drug-likeness (QED) is 0.711. The molecule has 0 saturated carbocycles. The van der Waals surface area contributed by atoms with Gasteiger partial charge in [0.1, 0.15) is 0 Å². The molecule has 0 aromatic carbocycles. The number of aromatic nitrogens is 6. The Morgan fingerprint density at radius 1 is 0.920 bits per heavy atom. The van der Waals surface area contributed by atoms with Gasteiger partial charge in [0, 0.05) is 51.0 Å². The number of rotatable bonds is 4. The predicted molar refractivity (Wildman–Crippen MR) is 95.0 cm³/mol. The van der Waals surface area contributed by atoms with Crippen molar-refractivity contribution >= 4 is 11.8 Å². The minimum atomic E-state index is 0.719. The van der Waals surface area contributed by atoms with Gasteiger partial charge in [-0.3, -0.25) is 0 Å². The molecule has 1 saturated heterocycles. The average Bonchev–Trinajstić information content (AvgIpc) is 3.23. The molecule has 8 nitrogen and oxygen atoms in total. The molecule has 0 amide bonds. The minimum Gasteiger partial charge on any atom is -0.352 e. The molecule has 0 bridgehead atoms. The third kappa shape index (κ3) is 3.28. The molecule has 4 rings (SSSR count). The van der Waals surface area contributed by atoms with Gasteiger partial charge in [-0.1, -0.05) is 6.92 Å². The van der Waals surface area contributed by atoms with Crippen molar-refractivity contribution in [2.24, 2.45) is 0 Å². The number of piperazine rings is 1. The molecule has 4 heterocycles. The molecule has 0 atom stereocenters. The Hall–Kier alpha value is -3.03. The topological polar surface area (TPSA) is 75.9 Å². The Balaban J connectivity index is 1.39. The van der Waals surface area contributed by atoms with Crippen molar-refractivity contribution in [2.75, 3.05) is 36.0 Å². The first-order valence-electron chi connectivity index (χ1n) is 8.48. The van der Waals surface area contributed by atoms with Crippen LogP contribution in [0.3, 0.4) is 0 Å². The Kier molecular flexibility index (Phi) is 4.24. The van der Waals surface area contributed by atoms with Crippen molar-refractivity contribution < 1.29 is 0 Å². The predicted octanol–water partition coefficient (Wildman–Crippen LogP) is 1.34. The first-order chi connectivity index (χ1) is 12.3. The fourth-order valence-electron chi connectivity index (χ4n) is 2.84. The Labute approximate surface area is 146 Å². The van der Waals surface area contributed by atoms with E-state index in [0.717, 1.165) is 55.7 Å². The molecule has 0 spiro atoms. The first kappa shape index (κ1) is 15.5. The van der Waals surface area contributed by atoms with Gasteiger partial charge in [0.15, 0.2) is 11.6 Å². The van der Waals surface area contributed by atoms with Crippen molar-refractivity contribution in [3.05, 3.63) is 48.5 Å². The molecule has 0 N–H and O–H groups in total. The molecule has 0 aliphatic carbocycles. The van der Waals surface area contributed by atoms with Crippen LogP contribution in [0, 0.1) is 0 Å². The maximum atomic E-state index is 4.47. The van der Waals surface area contributed by atoms with Crippen molar-refractivity contribution in [3.63, 3.8) is 0 Å². The standard InChI is InChI=1S/C17H20N8/c1-2-14-12-18-17(19-13-14)24-10-8-23(9-11-24)15-4-5-16(22-21-15)25-7-3-6-20-25/h3-7,12-13H,2,8-11H2,1H3. The van der Waals surface area contributed by atoms with Crippen LogP contribution in [0.15, 0.2) is 43.0 Å². The molecule has 0 radical (unpaired) electrons. The highest BCUT2D eigenvalue weighted by atomic mass is 15.4. The van der Waals surface area contributed by atoms with E-state index in [2.05, 4.69) is 42.0 Å². The summed E-state index contributed by atoms with van der Waals surface area (Å²) in [6, 6.07) is 5.80. The highest BCUT2D eigenvalue weighted by Crippen LogP contribution is 2.16. The Morgan fingerprint density at radius 3 is 2.20 bits per heavy atom. The molecule has 3 aromatic heterocycles. The van der Waals surface area contributed by atoms with E-state index in [9.17, 15) is 0 Å². The van der Waals surface area contributed by atoms with Gasteiger partial charge in [-0.2, -0.15) is 5.10 Å². The summed E-state index contributed by atoms with van der Waals surface area (Å²) < 4.78 is 1.70. The smallest absolute Gasteiger partial charge is 0.225 e. The number of anilines is 2. The molecule has 1 aliphatic heterocycles. The third-order valence-electron chi connectivity index (χ3n) is 4.36. The highest BCUT2D eigenvalue weighted by Gasteiger charge is 2.20. The fourth-order valence-corrected chi connectivity index (χ4v) is 2.84. The summed E-state index contributed by atoms with van der Waals surface area (Å²) in [6.45, 7) is 5.58. The lowest BCUT2D eigenvalue weighted by atomic mass is 10.3. The van der Waals surface area contributed by atoms with Gasteiger partial charge in [0.05, 0.1) is 0 Å². The van der Waals surface area contributed by atoms with Crippen LogP contribution >= 0.6 is 0 Å². The average molecular weight is 336 g/mol. The second-order valence-electron chi connectivity index (χ2n) is 5.92. The second kappa shape index (κ2) is 6.84. The van der Waals surface area contributed by atoms with E-state index < -0.39 is 0 Å². The largest absolute Gasteiger partial charge is 0.352 e. The second-order valence-corrected chi connectivity index (χ2v) is 5.92. The number of hydrogen-bond acceptors (Lipinski definition) is 7. The number of nitrogens with zero attached hydrogens (tertiary/aromatic N) is 8. The lowest BCUT2D eigenvalue weighted by Gasteiger charge is -2.35. The lowest BCUT2D eigenvalue weighted by molar-refractivity contribution is 0.629. The summed E-state index contributed by atoms with van der Waals surface area (Å²) in [6.07, 6.45) is 8.36. The van der Waals surface area contributed by atoms with Crippen LogP contribution in [-0.2, 0) is 6.42 Å². The van der Waals surface area contributed by atoms with Crippen molar-refractivity contribution in [1.82, 2.24) is 29.9 Å². The highest BCUT2D eigenvalue weighted by molar-refractivity contribution is 5.43. The summed E-state index contributed by atoms with van der Waals surface area (Å²) in [5.41, 5.74) is 1.16. The van der Waals surface area contributed by atoms with E-state index in [4.69, 9.17) is 0 Å². The molecule has 3 aromatic rings. The molecular weight excluding hydrogens is 316 g/mol. The van der Waals surface area contributed by atoms with Crippen LogP contribution in [0.5, 0.6) is 0 Å². The van der Waals surface area contributed by atoms with E-state index in [-0.39, 0.29) is 0 Å². The molecule has 25 heavy (non-hydrogen) atoms. The molecule has 1 aliphatic rings. The maximum absolute atomic E-state index is 4.47. The van der Waals surface area contributed by atoms with Crippen molar-refractivity contribution in [3.8, 4) is 5.82 Å². The van der Waals surface area contributed by atoms with E-state index in [0.29, 0.717) is 0 Å². The normalized spacial score (nSPS) is 14.8. The van der Waals surface area contributed by atoms with E-state index in [1.54, 1.807) is 10.9 Å². The Morgan fingerprint density at radius 2 is 1.60 bits per heavy atom. The number of hydrogen-bond donors (Lipinski definition) is 0. The molecular formula is C17H20N8. The summed E-state index contributed by atoms with van der Waals surface area (Å²) in [7, 11) is 0.